The van der Waals surface area contributed by atoms with Crippen molar-refractivity contribution in [2.75, 3.05) is 18.1 Å². The zero-order chi connectivity index (χ0) is 12.3. The Morgan fingerprint density at radius 1 is 1.35 bits per heavy atom. The second-order valence-electron chi connectivity index (χ2n) is 4.75. The number of benzene rings is 1. The minimum absolute atomic E-state index is 0.135. The standard InChI is InChI=1S/C14H22N2O/c1-2-14(15)11-3-5-12(6-4-11)16(9-10-17)13-7-8-13/h3-6,13-14,17H,2,7-10,15H2,1H3. The van der Waals surface area contributed by atoms with Crippen LogP contribution in [0.3, 0.4) is 0 Å². The minimum atomic E-state index is 0.135. The van der Waals surface area contributed by atoms with Crippen LogP contribution in [0.15, 0.2) is 24.3 Å². The average molecular weight is 234 g/mol. The van der Waals surface area contributed by atoms with Crippen molar-refractivity contribution < 1.29 is 5.11 Å². The van der Waals surface area contributed by atoms with Crippen LogP contribution < -0.4 is 10.6 Å². The monoisotopic (exact) mass is 234 g/mol. The number of rotatable bonds is 6. The molecule has 17 heavy (non-hydrogen) atoms. The van der Waals surface area contributed by atoms with Crippen molar-refractivity contribution in [1.29, 1.82) is 0 Å². The maximum Gasteiger partial charge on any atom is 0.0606 e. The van der Waals surface area contributed by atoms with Crippen LogP contribution in [0, 0.1) is 0 Å². The van der Waals surface area contributed by atoms with Crippen molar-refractivity contribution >= 4 is 5.69 Å². The average Bonchev–Trinajstić information content (AvgIpc) is 3.19. The quantitative estimate of drug-likeness (QED) is 0.792. The van der Waals surface area contributed by atoms with E-state index < -0.39 is 0 Å². The van der Waals surface area contributed by atoms with Crippen molar-refractivity contribution in [2.45, 2.75) is 38.3 Å². The molecule has 2 rings (SSSR count). The summed E-state index contributed by atoms with van der Waals surface area (Å²) in [5.41, 5.74) is 8.39. The van der Waals surface area contributed by atoms with Crippen molar-refractivity contribution in [3.8, 4) is 0 Å². The third kappa shape index (κ3) is 2.99. The lowest BCUT2D eigenvalue weighted by molar-refractivity contribution is 0.301. The van der Waals surface area contributed by atoms with Crippen LogP contribution in [0.4, 0.5) is 5.69 Å². The summed E-state index contributed by atoms with van der Waals surface area (Å²) in [5.74, 6) is 0. The zero-order valence-corrected chi connectivity index (χ0v) is 10.5. The number of aliphatic hydroxyl groups excluding tert-OH is 1. The van der Waals surface area contributed by atoms with Gasteiger partial charge in [0.15, 0.2) is 0 Å². The van der Waals surface area contributed by atoms with Gasteiger partial charge >= 0.3 is 0 Å². The first kappa shape index (κ1) is 12.4. The fraction of sp³-hybridized carbons (Fsp3) is 0.571. The van der Waals surface area contributed by atoms with Gasteiger partial charge in [0.25, 0.3) is 0 Å². The van der Waals surface area contributed by atoms with E-state index in [1.807, 2.05) is 0 Å². The smallest absolute Gasteiger partial charge is 0.0606 e. The molecule has 1 unspecified atom stereocenters. The van der Waals surface area contributed by atoms with E-state index in [1.165, 1.54) is 24.1 Å². The molecule has 1 aliphatic rings. The summed E-state index contributed by atoms with van der Waals surface area (Å²) >= 11 is 0. The van der Waals surface area contributed by atoms with Crippen molar-refractivity contribution in [3.05, 3.63) is 29.8 Å². The van der Waals surface area contributed by atoms with Crippen LogP contribution in [0.1, 0.15) is 37.8 Å². The van der Waals surface area contributed by atoms with Crippen LogP contribution in [0.5, 0.6) is 0 Å². The second kappa shape index (κ2) is 5.52. The van der Waals surface area contributed by atoms with Gasteiger partial charge in [0.2, 0.25) is 0 Å². The van der Waals surface area contributed by atoms with Crippen molar-refractivity contribution in [1.82, 2.24) is 0 Å². The molecule has 3 nitrogen and oxygen atoms in total. The Labute approximate surface area is 103 Å². The summed E-state index contributed by atoms with van der Waals surface area (Å²) in [7, 11) is 0. The number of nitrogens with two attached hydrogens (primary N) is 1. The Kier molecular flexibility index (Phi) is 4.02. The van der Waals surface area contributed by atoms with Gasteiger partial charge in [-0.15, -0.1) is 0 Å². The van der Waals surface area contributed by atoms with Crippen molar-refractivity contribution in [3.63, 3.8) is 0 Å². The fourth-order valence-corrected chi connectivity index (χ4v) is 2.17. The van der Waals surface area contributed by atoms with Gasteiger partial charge in [-0.25, -0.2) is 0 Å². The Morgan fingerprint density at radius 3 is 2.47 bits per heavy atom. The third-order valence-corrected chi connectivity index (χ3v) is 3.42. The molecule has 0 aromatic heterocycles. The predicted molar refractivity (Wildman–Crippen MR) is 71.1 cm³/mol. The van der Waals surface area contributed by atoms with Gasteiger partial charge in [-0.1, -0.05) is 19.1 Å². The molecule has 94 valence electrons. The molecule has 0 amide bonds. The predicted octanol–water partition coefficient (Wildman–Crippen LogP) is 2.06. The highest BCUT2D eigenvalue weighted by Crippen LogP contribution is 2.31. The van der Waals surface area contributed by atoms with E-state index in [9.17, 15) is 0 Å². The van der Waals surface area contributed by atoms with Gasteiger partial charge in [-0.3, -0.25) is 0 Å². The first-order valence-electron chi connectivity index (χ1n) is 6.49. The number of hydrogen-bond donors (Lipinski definition) is 2. The van der Waals surface area contributed by atoms with E-state index in [-0.39, 0.29) is 12.6 Å². The summed E-state index contributed by atoms with van der Waals surface area (Å²) in [6, 6.07) is 9.23. The third-order valence-electron chi connectivity index (χ3n) is 3.42. The lowest BCUT2D eigenvalue weighted by atomic mass is 10.1. The van der Waals surface area contributed by atoms with E-state index in [0.717, 1.165) is 13.0 Å². The van der Waals surface area contributed by atoms with Crippen LogP contribution in [-0.2, 0) is 0 Å². The van der Waals surface area contributed by atoms with Gasteiger partial charge in [0.05, 0.1) is 6.61 Å². The van der Waals surface area contributed by atoms with Gasteiger partial charge < -0.3 is 15.7 Å². The highest BCUT2D eigenvalue weighted by Gasteiger charge is 2.28. The molecule has 1 fully saturated rings. The van der Waals surface area contributed by atoms with Gasteiger partial charge in [-0.2, -0.15) is 0 Å². The molecule has 0 radical (unpaired) electrons. The molecule has 0 saturated heterocycles. The molecular weight excluding hydrogens is 212 g/mol. The topological polar surface area (TPSA) is 49.5 Å². The molecule has 0 aliphatic heterocycles. The maximum absolute atomic E-state index is 9.09. The molecule has 0 spiro atoms. The highest BCUT2D eigenvalue weighted by molar-refractivity contribution is 5.50. The Hall–Kier alpha value is -1.06. The molecule has 0 bridgehead atoms. The Morgan fingerprint density at radius 2 is 2.00 bits per heavy atom. The van der Waals surface area contributed by atoms with E-state index >= 15 is 0 Å². The van der Waals surface area contributed by atoms with Crippen LogP contribution in [-0.4, -0.2) is 24.3 Å². The number of hydrogen-bond acceptors (Lipinski definition) is 3. The Balaban J connectivity index is 2.09. The van der Waals surface area contributed by atoms with E-state index in [2.05, 4.69) is 36.1 Å². The van der Waals surface area contributed by atoms with E-state index in [4.69, 9.17) is 10.8 Å². The van der Waals surface area contributed by atoms with Crippen LogP contribution in [0.25, 0.3) is 0 Å². The summed E-state index contributed by atoms with van der Waals surface area (Å²) in [6.45, 7) is 3.04. The molecular formula is C14H22N2O. The zero-order valence-electron chi connectivity index (χ0n) is 10.5. The fourth-order valence-electron chi connectivity index (χ4n) is 2.17. The van der Waals surface area contributed by atoms with Gasteiger partial charge in [0.1, 0.15) is 0 Å². The van der Waals surface area contributed by atoms with Gasteiger partial charge in [0, 0.05) is 24.3 Å². The van der Waals surface area contributed by atoms with Crippen LogP contribution >= 0.6 is 0 Å². The summed E-state index contributed by atoms with van der Waals surface area (Å²) < 4.78 is 0. The number of aliphatic hydroxyl groups is 1. The number of nitrogens with zero attached hydrogens (tertiary/aromatic N) is 1. The minimum Gasteiger partial charge on any atom is -0.395 e. The molecule has 1 aliphatic carbocycles. The van der Waals surface area contributed by atoms with E-state index in [1.54, 1.807) is 0 Å². The highest BCUT2D eigenvalue weighted by atomic mass is 16.3. The lowest BCUT2D eigenvalue weighted by Gasteiger charge is -2.24. The SMILES string of the molecule is CCC(N)c1ccc(N(CCO)C2CC2)cc1. The first-order valence-corrected chi connectivity index (χ1v) is 6.49. The lowest BCUT2D eigenvalue weighted by Crippen LogP contribution is -2.28. The molecule has 3 N–H and O–H groups in total. The second-order valence-corrected chi connectivity index (χ2v) is 4.75. The molecule has 1 saturated carbocycles. The summed E-state index contributed by atoms with van der Waals surface area (Å²) in [5, 5.41) is 9.09. The largest absolute Gasteiger partial charge is 0.395 e. The van der Waals surface area contributed by atoms with Gasteiger partial charge in [-0.05, 0) is 37.0 Å². The molecule has 1 atom stereocenters. The normalized spacial score (nSPS) is 16.9. The molecule has 0 heterocycles. The molecule has 3 heteroatoms. The first-order chi connectivity index (χ1) is 8.26. The van der Waals surface area contributed by atoms with E-state index in [0.29, 0.717) is 6.04 Å². The summed E-state index contributed by atoms with van der Waals surface area (Å²) in [4.78, 5) is 2.29. The number of anilines is 1. The maximum atomic E-state index is 9.09. The Bertz CT molecular complexity index is 346. The molecule has 1 aromatic carbocycles. The molecule has 1 aromatic rings. The summed E-state index contributed by atoms with van der Waals surface area (Å²) in [6.07, 6.45) is 3.45. The van der Waals surface area contributed by atoms with Crippen LogP contribution in [0.2, 0.25) is 0 Å². The van der Waals surface area contributed by atoms with Crippen molar-refractivity contribution in [2.24, 2.45) is 5.73 Å².